The Morgan fingerprint density at radius 2 is 1.81 bits per heavy atom. The maximum atomic E-state index is 12.6. The van der Waals surface area contributed by atoms with Gasteiger partial charge in [-0.25, -0.2) is 0 Å². The second-order valence-corrected chi connectivity index (χ2v) is 6.21. The van der Waals surface area contributed by atoms with Gasteiger partial charge >= 0.3 is 0 Å². The van der Waals surface area contributed by atoms with Crippen molar-refractivity contribution in [3.63, 3.8) is 0 Å². The molecule has 7 nitrogen and oxygen atoms in total. The second-order valence-electron chi connectivity index (χ2n) is 6.21. The lowest BCUT2D eigenvalue weighted by Crippen LogP contribution is -2.42. The van der Waals surface area contributed by atoms with Gasteiger partial charge in [0.05, 0.1) is 12.1 Å². The molecule has 0 unspecified atom stereocenters. The fourth-order valence-corrected chi connectivity index (χ4v) is 3.07. The van der Waals surface area contributed by atoms with Crippen LogP contribution in [0.2, 0.25) is 0 Å². The van der Waals surface area contributed by atoms with Gasteiger partial charge in [0.25, 0.3) is 11.8 Å². The van der Waals surface area contributed by atoms with Crippen LogP contribution in [0.3, 0.4) is 0 Å². The SMILES string of the molecule is NC(=O)COc1ccccc1C(=O)NCC(=O)N1CCCc2ccccc21. The fraction of sp³-hybridized carbons (Fsp3) is 0.250. The van der Waals surface area contributed by atoms with Crippen molar-refractivity contribution in [1.82, 2.24) is 5.32 Å². The average molecular weight is 367 g/mol. The van der Waals surface area contributed by atoms with E-state index in [9.17, 15) is 14.4 Å². The Labute approximate surface area is 157 Å². The largest absolute Gasteiger partial charge is 0.483 e. The molecule has 1 aliphatic rings. The third-order valence-electron chi connectivity index (χ3n) is 4.31. The van der Waals surface area contributed by atoms with Gasteiger partial charge in [0, 0.05) is 12.2 Å². The summed E-state index contributed by atoms with van der Waals surface area (Å²) < 4.78 is 5.26. The van der Waals surface area contributed by atoms with Crippen LogP contribution < -0.4 is 20.7 Å². The summed E-state index contributed by atoms with van der Waals surface area (Å²) in [6, 6.07) is 14.3. The molecule has 0 radical (unpaired) electrons. The van der Waals surface area contributed by atoms with E-state index in [4.69, 9.17) is 10.5 Å². The minimum Gasteiger partial charge on any atom is -0.483 e. The minimum atomic E-state index is -0.635. The zero-order valence-corrected chi connectivity index (χ0v) is 14.8. The number of fused-ring (bicyclic) bond motifs is 1. The number of primary amides is 1. The van der Waals surface area contributed by atoms with Crippen LogP contribution in [0.15, 0.2) is 48.5 Å². The Bertz CT molecular complexity index is 866. The summed E-state index contributed by atoms with van der Waals surface area (Å²) >= 11 is 0. The number of anilines is 1. The molecule has 0 saturated heterocycles. The number of para-hydroxylation sites is 2. The highest BCUT2D eigenvalue weighted by Crippen LogP contribution is 2.26. The lowest BCUT2D eigenvalue weighted by atomic mass is 10.0. The number of hydrogen-bond acceptors (Lipinski definition) is 4. The number of ether oxygens (including phenoxy) is 1. The molecule has 0 saturated carbocycles. The molecule has 3 N–H and O–H groups in total. The molecule has 0 aromatic heterocycles. The molecule has 0 aliphatic carbocycles. The molecule has 7 heteroatoms. The van der Waals surface area contributed by atoms with E-state index in [1.165, 1.54) is 0 Å². The number of carbonyl (C=O) groups is 3. The molecular weight excluding hydrogens is 346 g/mol. The molecule has 1 heterocycles. The molecule has 2 aromatic rings. The van der Waals surface area contributed by atoms with Crippen LogP contribution in [-0.2, 0) is 16.0 Å². The fourth-order valence-electron chi connectivity index (χ4n) is 3.07. The first kappa shape index (κ1) is 18.4. The van der Waals surface area contributed by atoms with Crippen molar-refractivity contribution in [1.29, 1.82) is 0 Å². The predicted octanol–water partition coefficient (Wildman–Crippen LogP) is 1.26. The van der Waals surface area contributed by atoms with Gasteiger partial charge < -0.3 is 20.7 Å². The van der Waals surface area contributed by atoms with E-state index in [0.29, 0.717) is 6.54 Å². The maximum Gasteiger partial charge on any atom is 0.255 e. The van der Waals surface area contributed by atoms with Crippen molar-refractivity contribution in [3.8, 4) is 5.75 Å². The zero-order chi connectivity index (χ0) is 19.2. The van der Waals surface area contributed by atoms with Crippen LogP contribution >= 0.6 is 0 Å². The number of rotatable bonds is 6. The van der Waals surface area contributed by atoms with Crippen molar-refractivity contribution in [2.45, 2.75) is 12.8 Å². The molecule has 0 spiro atoms. The van der Waals surface area contributed by atoms with E-state index in [-0.39, 0.29) is 30.4 Å². The first-order valence-corrected chi connectivity index (χ1v) is 8.73. The first-order valence-electron chi connectivity index (χ1n) is 8.73. The van der Waals surface area contributed by atoms with Gasteiger partial charge in [0.1, 0.15) is 5.75 Å². The summed E-state index contributed by atoms with van der Waals surface area (Å²) in [5, 5.41) is 2.63. The zero-order valence-electron chi connectivity index (χ0n) is 14.8. The van der Waals surface area contributed by atoms with Gasteiger partial charge in [-0.3, -0.25) is 14.4 Å². The van der Waals surface area contributed by atoms with E-state index in [0.717, 1.165) is 24.1 Å². The van der Waals surface area contributed by atoms with Crippen LogP contribution in [0.4, 0.5) is 5.69 Å². The molecule has 2 aromatic carbocycles. The van der Waals surface area contributed by atoms with Crippen LogP contribution in [0, 0.1) is 0 Å². The first-order chi connectivity index (χ1) is 13.1. The highest BCUT2D eigenvalue weighted by Gasteiger charge is 2.23. The molecule has 140 valence electrons. The summed E-state index contributed by atoms with van der Waals surface area (Å²) in [4.78, 5) is 37.7. The predicted molar refractivity (Wildman–Crippen MR) is 101 cm³/mol. The molecule has 0 atom stereocenters. The Morgan fingerprint density at radius 1 is 1.07 bits per heavy atom. The van der Waals surface area contributed by atoms with E-state index in [2.05, 4.69) is 5.32 Å². The highest BCUT2D eigenvalue weighted by molar-refractivity contribution is 6.02. The molecule has 27 heavy (non-hydrogen) atoms. The van der Waals surface area contributed by atoms with E-state index in [1.807, 2.05) is 24.3 Å². The molecule has 3 rings (SSSR count). The number of benzene rings is 2. The summed E-state index contributed by atoms with van der Waals surface area (Å²) in [6.07, 6.45) is 1.83. The van der Waals surface area contributed by atoms with Gasteiger partial charge in [-0.2, -0.15) is 0 Å². The lowest BCUT2D eigenvalue weighted by molar-refractivity contribution is -0.120. The standard InChI is InChI=1S/C20H21N3O4/c21-18(24)13-27-17-10-4-2-8-15(17)20(26)22-12-19(25)23-11-5-7-14-6-1-3-9-16(14)23/h1-4,6,8-10H,5,7,11-13H2,(H2,21,24)(H,22,26). The Balaban J connectivity index is 1.65. The number of amides is 3. The van der Waals surface area contributed by atoms with Crippen molar-refractivity contribution >= 4 is 23.4 Å². The van der Waals surface area contributed by atoms with Crippen molar-refractivity contribution in [3.05, 3.63) is 59.7 Å². The maximum absolute atomic E-state index is 12.6. The van der Waals surface area contributed by atoms with Gasteiger partial charge in [-0.05, 0) is 36.6 Å². The second kappa shape index (κ2) is 8.35. The minimum absolute atomic E-state index is 0.128. The third kappa shape index (κ3) is 4.44. The van der Waals surface area contributed by atoms with E-state index >= 15 is 0 Å². The highest BCUT2D eigenvalue weighted by atomic mass is 16.5. The van der Waals surface area contributed by atoms with Gasteiger partial charge in [0.15, 0.2) is 6.61 Å². The Morgan fingerprint density at radius 3 is 2.63 bits per heavy atom. The normalized spacial score (nSPS) is 12.8. The number of carbonyl (C=O) groups excluding carboxylic acids is 3. The number of nitrogens with one attached hydrogen (secondary N) is 1. The monoisotopic (exact) mass is 367 g/mol. The number of hydrogen-bond donors (Lipinski definition) is 2. The Kier molecular flexibility index (Phi) is 5.71. The smallest absolute Gasteiger partial charge is 0.255 e. The topological polar surface area (TPSA) is 102 Å². The lowest BCUT2D eigenvalue weighted by Gasteiger charge is -2.29. The van der Waals surface area contributed by atoms with Gasteiger partial charge in [0.2, 0.25) is 5.91 Å². The van der Waals surface area contributed by atoms with Gasteiger partial charge in [-0.1, -0.05) is 30.3 Å². The molecule has 0 fully saturated rings. The van der Waals surface area contributed by atoms with Crippen molar-refractivity contribution in [2.75, 3.05) is 24.6 Å². The molecule has 1 aliphatic heterocycles. The summed E-state index contributed by atoms with van der Waals surface area (Å²) in [5.74, 6) is -1.02. The number of aryl methyl sites for hydroxylation is 1. The molecular formula is C20H21N3O4. The van der Waals surface area contributed by atoms with Crippen LogP contribution in [-0.4, -0.2) is 37.4 Å². The summed E-state index contributed by atoms with van der Waals surface area (Å²) in [6.45, 7) is 0.176. The number of nitrogens with zero attached hydrogens (tertiary/aromatic N) is 1. The molecule has 3 amide bonds. The molecule has 0 bridgehead atoms. The van der Waals surface area contributed by atoms with Crippen LogP contribution in [0.5, 0.6) is 5.75 Å². The summed E-state index contributed by atoms with van der Waals surface area (Å²) in [7, 11) is 0. The van der Waals surface area contributed by atoms with Gasteiger partial charge in [-0.15, -0.1) is 0 Å². The van der Waals surface area contributed by atoms with Crippen molar-refractivity contribution < 1.29 is 19.1 Å². The van der Waals surface area contributed by atoms with Crippen LogP contribution in [0.25, 0.3) is 0 Å². The third-order valence-corrected chi connectivity index (χ3v) is 4.31. The quantitative estimate of drug-likeness (QED) is 0.802. The van der Waals surface area contributed by atoms with Crippen molar-refractivity contribution in [2.24, 2.45) is 5.73 Å². The van der Waals surface area contributed by atoms with E-state index in [1.54, 1.807) is 29.2 Å². The van der Waals surface area contributed by atoms with E-state index < -0.39 is 11.8 Å². The summed E-state index contributed by atoms with van der Waals surface area (Å²) in [5.41, 5.74) is 7.34. The number of nitrogens with two attached hydrogens (primary N) is 1. The average Bonchev–Trinajstić information content (AvgIpc) is 2.70. The van der Waals surface area contributed by atoms with Crippen LogP contribution in [0.1, 0.15) is 22.3 Å². The Hall–Kier alpha value is -3.35.